The van der Waals surface area contributed by atoms with Crippen molar-refractivity contribution >= 4 is 10.1 Å². The van der Waals surface area contributed by atoms with E-state index in [1.54, 1.807) is 0 Å². The summed E-state index contributed by atoms with van der Waals surface area (Å²) in [5, 5.41) is 8.53. The third-order valence-electron chi connectivity index (χ3n) is 5.44. The van der Waals surface area contributed by atoms with Crippen LogP contribution in [0.15, 0.2) is 0 Å². The molecular weight excluding hydrogens is 383 g/mol. The van der Waals surface area contributed by atoms with Crippen LogP contribution in [0.4, 0.5) is 0 Å². The number of aliphatic hydroxyl groups excluding tert-OH is 1. The molecule has 0 bridgehead atoms. The van der Waals surface area contributed by atoms with Gasteiger partial charge in [0, 0.05) is 5.25 Å². The van der Waals surface area contributed by atoms with Crippen LogP contribution in [0.5, 0.6) is 0 Å². The molecule has 2 atom stereocenters. The molecule has 0 aliphatic carbocycles. The number of rotatable bonds is 20. The average molecular weight is 429 g/mol. The van der Waals surface area contributed by atoms with Crippen molar-refractivity contribution in [3.05, 3.63) is 0 Å². The van der Waals surface area contributed by atoms with Gasteiger partial charge in [-0.25, -0.2) is 8.42 Å². The Balaban J connectivity index is 0. The third kappa shape index (κ3) is 21.6. The van der Waals surface area contributed by atoms with Gasteiger partial charge in [0.1, 0.15) is 0 Å². The summed E-state index contributed by atoms with van der Waals surface area (Å²) < 4.78 is 34.4. The van der Waals surface area contributed by atoms with Crippen LogP contribution < -0.4 is 29.6 Å². The predicted molar refractivity (Wildman–Crippen MR) is 114 cm³/mol. The Morgan fingerprint density at radius 2 is 1.00 bits per heavy atom. The maximum Gasteiger partial charge on any atom is 1.00 e. The molecule has 0 aliphatic heterocycles. The van der Waals surface area contributed by atoms with Gasteiger partial charge in [-0.2, -0.15) is 0 Å². The minimum atomic E-state index is -4.15. The molecule has 0 spiro atoms. The molecule has 0 rings (SSSR count). The van der Waals surface area contributed by atoms with E-state index in [-0.39, 0.29) is 35.7 Å². The topological polar surface area (TPSA) is 77.4 Å². The second-order valence-electron chi connectivity index (χ2n) is 8.28. The van der Waals surface area contributed by atoms with Gasteiger partial charge in [0.05, 0.1) is 16.2 Å². The van der Waals surface area contributed by atoms with Crippen molar-refractivity contribution in [2.24, 2.45) is 0 Å². The van der Waals surface area contributed by atoms with E-state index in [1.807, 2.05) is 6.92 Å². The Bertz CT molecular complexity index is 413. The fraction of sp³-hybridized carbons (Fsp3) is 1.00. The minimum absolute atomic E-state index is 0. The first-order valence-electron chi connectivity index (χ1n) is 11.5. The summed E-state index contributed by atoms with van der Waals surface area (Å²) in [5.74, 6) is 0. The van der Waals surface area contributed by atoms with Gasteiger partial charge in [0.25, 0.3) is 0 Å². The molecule has 0 aromatic rings. The number of unbranched alkanes of at least 4 members (excludes halogenated alkanes) is 13. The second kappa shape index (κ2) is 21.1. The summed E-state index contributed by atoms with van der Waals surface area (Å²) >= 11 is 0. The maximum atomic E-state index is 11.5. The van der Waals surface area contributed by atoms with E-state index >= 15 is 0 Å². The fourth-order valence-corrected chi connectivity index (χ4v) is 4.55. The van der Waals surface area contributed by atoms with Crippen LogP contribution in [0.3, 0.4) is 0 Å². The van der Waals surface area contributed by atoms with Crippen molar-refractivity contribution in [2.45, 2.75) is 141 Å². The van der Waals surface area contributed by atoms with Crippen molar-refractivity contribution in [1.82, 2.24) is 0 Å². The summed E-state index contributed by atoms with van der Waals surface area (Å²) in [6, 6.07) is 0. The molecule has 0 amide bonds. The molecule has 0 saturated heterocycles. The second-order valence-corrected chi connectivity index (χ2v) is 9.93. The van der Waals surface area contributed by atoms with Gasteiger partial charge < -0.3 is 9.66 Å². The first-order chi connectivity index (χ1) is 12.9. The van der Waals surface area contributed by atoms with Gasteiger partial charge in [-0.3, -0.25) is 0 Å². The first kappa shape index (κ1) is 31.1. The third-order valence-corrected chi connectivity index (χ3v) is 6.72. The zero-order chi connectivity index (χ0) is 20.4. The van der Waals surface area contributed by atoms with Crippen molar-refractivity contribution in [3.63, 3.8) is 0 Å². The van der Waals surface area contributed by atoms with E-state index in [0.29, 0.717) is 12.8 Å². The largest absolute Gasteiger partial charge is 1.00 e. The summed E-state index contributed by atoms with van der Waals surface area (Å²) in [5.41, 5.74) is 0. The molecule has 0 radical (unpaired) electrons. The summed E-state index contributed by atoms with van der Waals surface area (Å²) in [7, 11) is -4.15. The van der Waals surface area contributed by atoms with E-state index in [1.165, 1.54) is 51.4 Å². The van der Waals surface area contributed by atoms with Crippen molar-refractivity contribution in [3.8, 4) is 0 Å². The van der Waals surface area contributed by atoms with Crippen molar-refractivity contribution < 1.29 is 47.6 Å². The van der Waals surface area contributed by atoms with Crippen LogP contribution in [0, 0.1) is 0 Å². The monoisotopic (exact) mass is 428 g/mol. The zero-order valence-electron chi connectivity index (χ0n) is 19.0. The number of aliphatic hydroxyl groups is 1. The standard InChI is InChI=1S/C22H46O4S.Na/c1-3-4-5-6-9-13-16-19-22(27(24,25)26)20-17-14-11-8-7-10-12-15-18-21(2)23;/h21-23H,3-20H2,1-2H3,(H,24,25,26);/q;+1/p-1. The van der Waals surface area contributed by atoms with Crippen molar-refractivity contribution in [2.75, 3.05) is 0 Å². The molecule has 4 nitrogen and oxygen atoms in total. The van der Waals surface area contributed by atoms with Gasteiger partial charge in [-0.1, -0.05) is 103 Å². The number of hydrogen-bond acceptors (Lipinski definition) is 4. The molecule has 28 heavy (non-hydrogen) atoms. The molecule has 0 aromatic heterocycles. The molecule has 2 unspecified atom stereocenters. The Morgan fingerprint density at radius 3 is 1.32 bits per heavy atom. The normalized spacial score (nSPS) is 13.9. The van der Waals surface area contributed by atoms with E-state index in [4.69, 9.17) is 0 Å². The summed E-state index contributed by atoms with van der Waals surface area (Å²) in [6.07, 6.45) is 18.7. The SMILES string of the molecule is CCCCCCCCCC(CCCCCCCCCCC(C)O)S(=O)(=O)[O-].[Na+]. The van der Waals surface area contributed by atoms with Gasteiger partial charge in [0.15, 0.2) is 0 Å². The molecule has 0 aliphatic rings. The maximum absolute atomic E-state index is 11.5. The van der Waals surface area contributed by atoms with Crippen LogP contribution in [-0.4, -0.2) is 29.4 Å². The van der Waals surface area contributed by atoms with Crippen molar-refractivity contribution in [1.29, 1.82) is 0 Å². The van der Waals surface area contributed by atoms with E-state index in [0.717, 1.165) is 51.4 Å². The summed E-state index contributed by atoms with van der Waals surface area (Å²) in [6.45, 7) is 4.03. The fourth-order valence-electron chi connectivity index (χ4n) is 3.63. The van der Waals surface area contributed by atoms with Gasteiger partial charge in [0.2, 0.25) is 0 Å². The molecule has 0 aromatic carbocycles. The van der Waals surface area contributed by atoms with Gasteiger partial charge in [-0.15, -0.1) is 0 Å². The smallest absolute Gasteiger partial charge is 0.748 e. The quantitative estimate of drug-likeness (QED) is 0.183. The van der Waals surface area contributed by atoms with Crippen LogP contribution >= 0.6 is 0 Å². The molecule has 1 N–H and O–H groups in total. The molecule has 0 saturated carbocycles. The van der Waals surface area contributed by atoms with Crippen LogP contribution in [0.25, 0.3) is 0 Å². The number of hydrogen-bond donors (Lipinski definition) is 1. The average Bonchev–Trinajstić information content (AvgIpc) is 2.59. The van der Waals surface area contributed by atoms with Crippen LogP contribution in [0.1, 0.15) is 129 Å². The Kier molecular flexibility index (Phi) is 23.4. The molecule has 0 fully saturated rings. The van der Waals surface area contributed by atoms with Gasteiger partial charge in [-0.05, 0) is 26.2 Å². The summed E-state index contributed by atoms with van der Waals surface area (Å²) in [4.78, 5) is 0. The molecule has 164 valence electrons. The van der Waals surface area contributed by atoms with Gasteiger partial charge >= 0.3 is 29.6 Å². The zero-order valence-corrected chi connectivity index (χ0v) is 21.8. The van der Waals surface area contributed by atoms with Crippen LogP contribution in [-0.2, 0) is 10.1 Å². The predicted octanol–water partition coefficient (Wildman–Crippen LogP) is 3.33. The Morgan fingerprint density at radius 1 is 0.679 bits per heavy atom. The van der Waals surface area contributed by atoms with Crippen LogP contribution in [0.2, 0.25) is 0 Å². The van der Waals surface area contributed by atoms with E-state index in [9.17, 15) is 18.1 Å². The first-order valence-corrected chi connectivity index (χ1v) is 13.0. The molecule has 6 heteroatoms. The molecular formula is C22H45NaO4S. The van der Waals surface area contributed by atoms with E-state index in [2.05, 4.69) is 6.92 Å². The minimum Gasteiger partial charge on any atom is -0.748 e. The Labute approximate surface area is 197 Å². The van der Waals surface area contributed by atoms with E-state index < -0.39 is 15.4 Å². The molecule has 0 heterocycles. The Hall–Kier alpha value is 0.870.